The molecule has 186 valence electrons. The second kappa shape index (κ2) is 8.55. The quantitative estimate of drug-likeness (QED) is 0.224. The van der Waals surface area contributed by atoms with Crippen molar-refractivity contribution in [2.75, 3.05) is 12.0 Å². The minimum absolute atomic E-state index is 0.0416. The Kier molecular flexibility index (Phi) is 5.30. The average Bonchev–Trinajstić information content (AvgIpc) is 3.52. The maximum Gasteiger partial charge on any atom is 0.300 e. The summed E-state index contributed by atoms with van der Waals surface area (Å²) in [4.78, 5) is 32.0. The molecule has 2 aliphatic rings. The number of nitrogens with zero attached hydrogens (tertiary/aromatic N) is 1. The monoisotopic (exact) mass is 494 g/mol. The molecule has 2 atom stereocenters. The first-order valence-electron chi connectivity index (χ1n) is 12.2. The number of Topliss-reactive ketones (excluding diaryl/α,β-unsaturated/α-hetero) is 1. The topological polar surface area (TPSA) is 91.9 Å². The molecule has 3 aromatic carbocycles. The van der Waals surface area contributed by atoms with E-state index in [0.29, 0.717) is 23.4 Å². The van der Waals surface area contributed by atoms with Gasteiger partial charge in [-0.15, -0.1) is 0 Å². The molecule has 2 unspecified atom stereocenters. The fourth-order valence-electron chi connectivity index (χ4n) is 5.51. The molecular weight excluding hydrogens is 468 g/mol. The minimum atomic E-state index is -0.841. The molecule has 7 heteroatoms. The third kappa shape index (κ3) is 3.57. The number of ketones is 1. The molecule has 1 fully saturated rings. The Labute approximate surface area is 213 Å². The zero-order valence-electron chi connectivity index (χ0n) is 20.7. The molecule has 0 bridgehead atoms. The Balaban J connectivity index is 1.60. The molecular formula is C30H26N2O5. The van der Waals surface area contributed by atoms with Crippen LogP contribution in [0.4, 0.5) is 5.69 Å². The summed E-state index contributed by atoms with van der Waals surface area (Å²) in [5.41, 5.74) is 4.44. The summed E-state index contributed by atoms with van der Waals surface area (Å²) in [6.07, 6.45) is 0.750. The Morgan fingerprint density at radius 2 is 1.89 bits per heavy atom. The molecule has 2 aliphatic heterocycles. The van der Waals surface area contributed by atoms with Crippen molar-refractivity contribution in [3.05, 3.63) is 94.7 Å². The first kappa shape index (κ1) is 22.9. The summed E-state index contributed by atoms with van der Waals surface area (Å²) in [5.74, 6) is -0.324. The molecule has 0 spiro atoms. The second-order valence-electron chi connectivity index (χ2n) is 9.53. The number of rotatable bonds is 4. The number of hydrogen-bond acceptors (Lipinski definition) is 5. The number of carbonyl (C=O) groups is 2. The van der Waals surface area contributed by atoms with Crippen molar-refractivity contribution in [1.82, 2.24) is 4.98 Å². The SMILES string of the molecule is COc1cccc(N2C(=O)C(=O)/C(=C(/O)c3ccc4c(c3)CC(C)O4)C2c2c(C)[nH]c3ccccc23)c1. The molecule has 6 rings (SSSR count). The van der Waals surface area contributed by atoms with E-state index in [-0.39, 0.29) is 17.4 Å². The second-order valence-corrected chi connectivity index (χ2v) is 9.53. The Morgan fingerprint density at radius 1 is 1.08 bits per heavy atom. The van der Waals surface area contributed by atoms with Crippen molar-refractivity contribution in [3.63, 3.8) is 0 Å². The van der Waals surface area contributed by atoms with Gasteiger partial charge in [0.1, 0.15) is 23.4 Å². The summed E-state index contributed by atoms with van der Waals surface area (Å²) >= 11 is 0. The number of hydrogen-bond donors (Lipinski definition) is 2. The zero-order valence-corrected chi connectivity index (χ0v) is 20.7. The van der Waals surface area contributed by atoms with Crippen molar-refractivity contribution in [2.45, 2.75) is 32.4 Å². The fraction of sp³-hybridized carbons (Fsp3) is 0.200. The molecule has 4 aromatic rings. The van der Waals surface area contributed by atoms with E-state index < -0.39 is 17.7 Å². The van der Waals surface area contributed by atoms with E-state index in [1.54, 1.807) is 43.5 Å². The van der Waals surface area contributed by atoms with E-state index in [4.69, 9.17) is 9.47 Å². The number of aromatic amines is 1. The van der Waals surface area contributed by atoms with Gasteiger partial charge in [-0.3, -0.25) is 14.5 Å². The van der Waals surface area contributed by atoms with Crippen LogP contribution in [0.5, 0.6) is 11.5 Å². The van der Waals surface area contributed by atoms with Gasteiger partial charge < -0.3 is 19.6 Å². The number of aliphatic hydroxyl groups is 1. The van der Waals surface area contributed by atoms with Crippen molar-refractivity contribution in [3.8, 4) is 11.5 Å². The highest BCUT2D eigenvalue weighted by molar-refractivity contribution is 6.52. The summed E-state index contributed by atoms with van der Waals surface area (Å²) in [7, 11) is 1.55. The number of nitrogens with one attached hydrogen (secondary N) is 1. The minimum Gasteiger partial charge on any atom is -0.507 e. The van der Waals surface area contributed by atoms with Gasteiger partial charge in [0.2, 0.25) is 0 Å². The molecule has 2 N–H and O–H groups in total. The Bertz CT molecular complexity index is 1620. The highest BCUT2D eigenvalue weighted by Gasteiger charge is 2.48. The molecule has 37 heavy (non-hydrogen) atoms. The number of fused-ring (bicyclic) bond motifs is 2. The number of amides is 1. The van der Waals surface area contributed by atoms with E-state index >= 15 is 0 Å². The van der Waals surface area contributed by atoms with Crippen LogP contribution in [0.15, 0.2) is 72.3 Å². The Hall–Kier alpha value is -4.52. The van der Waals surface area contributed by atoms with Crippen LogP contribution >= 0.6 is 0 Å². The van der Waals surface area contributed by atoms with Gasteiger partial charge in [0.05, 0.1) is 18.7 Å². The van der Waals surface area contributed by atoms with Crippen LogP contribution in [0, 0.1) is 6.92 Å². The lowest BCUT2D eigenvalue weighted by molar-refractivity contribution is -0.132. The summed E-state index contributed by atoms with van der Waals surface area (Å²) in [5, 5.41) is 12.5. The number of aryl methyl sites for hydroxylation is 1. The molecule has 0 radical (unpaired) electrons. The predicted molar refractivity (Wildman–Crippen MR) is 141 cm³/mol. The molecule has 0 saturated carbocycles. The highest BCUT2D eigenvalue weighted by atomic mass is 16.5. The van der Waals surface area contributed by atoms with Gasteiger partial charge in [0, 0.05) is 45.9 Å². The van der Waals surface area contributed by atoms with Crippen LogP contribution < -0.4 is 14.4 Å². The predicted octanol–water partition coefficient (Wildman–Crippen LogP) is 5.43. The molecule has 1 saturated heterocycles. The van der Waals surface area contributed by atoms with Gasteiger partial charge in [-0.1, -0.05) is 24.3 Å². The molecule has 0 aliphatic carbocycles. The number of methoxy groups -OCH3 is 1. The average molecular weight is 495 g/mol. The number of ether oxygens (including phenoxy) is 2. The van der Waals surface area contributed by atoms with Gasteiger partial charge in [0.25, 0.3) is 11.7 Å². The third-order valence-corrected chi connectivity index (χ3v) is 7.16. The standard InChI is InChI=1S/C30H26N2O5/c1-16-13-19-14-18(11-12-24(19)37-16)28(33)26-27(25-17(2)31-23-10-5-4-9-22(23)25)32(30(35)29(26)34)20-7-6-8-21(15-20)36-3/h4-12,14-16,27,31,33H,13H2,1-3H3/b28-26+. The van der Waals surface area contributed by atoms with Crippen LogP contribution in [0.25, 0.3) is 16.7 Å². The third-order valence-electron chi connectivity index (χ3n) is 7.16. The number of H-pyrrole nitrogens is 1. The summed E-state index contributed by atoms with van der Waals surface area (Å²) in [6, 6.07) is 19.3. The first-order valence-corrected chi connectivity index (χ1v) is 12.2. The van der Waals surface area contributed by atoms with Crippen molar-refractivity contribution in [1.29, 1.82) is 0 Å². The maximum atomic E-state index is 13.6. The number of benzene rings is 3. The number of aromatic nitrogens is 1. The lowest BCUT2D eigenvalue weighted by Crippen LogP contribution is -2.29. The van der Waals surface area contributed by atoms with Crippen molar-refractivity contribution >= 4 is 34.0 Å². The van der Waals surface area contributed by atoms with E-state index in [2.05, 4.69) is 4.98 Å². The molecule has 1 amide bonds. The van der Waals surface area contributed by atoms with Crippen molar-refractivity contribution < 1.29 is 24.2 Å². The largest absolute Gasteiger partial charge is 0.507 e. The van der Waals surface area contributed by atoms with Crippen molar-refractivity contribution in [2.24, 2.45) is 0 Å². The lowest BCUT2D eigenvalue weighted by Gasteiger charge is -2.26. The number of anilines is 1. The maximum absolute atomic E-state index is 13.6. The first-order chi connectivity index (χ1) is 17.9. The molecule has 3 heterocycles. The molecule has 1 aromatic heterocycles. The fourth-order valence-corrected chi connectivity index (χ4v) is 5.51. The summed E-state index contributed by atoms with van der Waals surface area (Å²) in [6.45, 7) is 3.90. The van der Waals surface area contributed by atoms with Crippen LogP contribution in [-0.4, -0.2) is 35.0 Å². The zero-order chi connectivity index (χ0) is 25.8. The number of aliphatic hydroxyl groups excluding tert-OH is 1. The van der Waals surface area contributed by atoms with E-state index in [9.17, 15) is 14.7 Å². The van der Waals surface area contributed by atoms with Crippen LogP contribution in [0.1, 0.15) is 35.3 Å². The van der Waals surface area contributed by atoms with Gasteiger partial charge in [-0.05, 0) is 55.8 Å². The highest BCUT2D eigenvalue weighted by Crippen LogP contribution is 2.46. The van der Waals surface area contributed by atoms with E-state index in [1.807, 2.05) is 44.2 Å². The van der Waals surface area contributed by atoms with Crippen LogP contribution in [0.2, 0.25) is 0 Å². The van der Waals surface area contributed by atoms with Gasteiger partial charge in [-0.25, -0.2) is 0 Å². The Morgan fingerprint density at radius 3 is 2.70 bits per heavy atom. The summed E-state index contributed by atoms with van der Waals surface area (Å²) < 4.78 is 11.2. The van der Waals surface area contributed by atoms with E-state index in [1.165, 1.54) is 4.90 Å². The van der Waals surface area contributed by atoms with E-state index in [0.717, 1.165) is 33.5 Å². The smallest absolute Gasteiger partial charge is 0.300 e. The molecule has 7 nitrogen and oxygen atoms in total. The van der Waals surface area contributed by atoms with Crippen LogP contribution in [0.3, 0.4) is 0 Å². The van der Waals surface area contributed by atoms with Gasteiger partial charge in [0.15, 0.2) is 0 Å². The van der Waals surface area contributed by atoms with Crippen LogP contribution in [-0.2, 0) is 16.0 Å². The number of carbonyl (C=O) groups excluding carboxylic acids is 2. The lowest BCUT2D eigenvalue weighted by atomic mass is 9.92. The van der Waals surface area contributed by atoms with Gasteiger partial charge in [-0.2, -0.15) is 0 Å². The normalized spacial score (nSPS) is 20.4. The van der Waals surface area contributed by atoms with Gasteiger partial charge >= 0.3 is 0 Å². The number of para-hydroxylation sites is 1.